The number of halogens is 7. The highest BCUT2D eigenvalue weighted by Gasteiger charge is 2.67. The number of ketones is 1. The zero-order valence-corrected chi connectivity index (χ0v) is 28.0. The lowest BCUT2D eigenvalue weighted by Gasteiger charge is -2.23. The van der Waals surface area contributed by atoms with Crippen molar-refractivity contribution in [2.45, 2.75) is 61.8 Å². The Hall–Kier alpha value is -5.13. The van der Waals surface area contributed by atoms with Crippen molar-refractivity contribution in [2.24, 2.45) is 5.92 Å². The number of aromatic nitrogens is 5. The molecule has 3 aliphatic rings. The molecule has 3 heterocycles. The minimum atomic E-state index is -3.81. The van der Waals surface area contributed by atoms with Gasteiger partial charge in [0, 0.05) is 23.1 Å². The van der Waals surface area contributed by atoms with Gasteiger partial charge in [-0.1, -0.05) is 6.07 Å². The number of fused-ring (bicyclic) bond motifs is 4. The number of aromatic amines is 1. The number of hydrogen-bond donors (Lipinski definition) is 2. The first-order valence-corrected chi connectivity index (χ1v) is 18.2. The van der Waals surface area contributed by atoms with Gasteiger partial charge in [-0.3, -0.25) is 19.4 Å². The number of hydrogen-bond acceptors (Lipinski definition) is 7. The quantitative estimate of drug-likeness (QED) is 0.113. The average molecular weight is 761 g/mol. The molecule has 0 radical (unpaired) electrons. The van der Waals surface area contributed by atoms with Crippen LogP contribution in [-0.4, -0.2) is 56.1 Å². The standard InChI is InChI=1S/C35H27F7N6O4S/c36-17-5-15(6-18(37)9-17)7-26(44-29(50)13-48-33-30(32(47-48)34(39)40)21-10-23(21)35(33,41)42)31-20(11-25-27(45-31)12-43-46-25)16-1-4-24(38)22(8-16)28(49)14-53(51,52)19-2-3-19/h1,4-6,8-9,11-12,19,21,23,26,34H,2-3,7,10,13-14H2,(H,43,46)(H,44,50)/t21-,23+,26-/m0/s1. The van der Waals surface area contributed by atoms with E-state index >= 15 is 13.2 Å². The molecule has 0 spiro atoms. The summed E-state index contributed by atoms with van der Waals surface area (Å²) >= 11 is 0. The molecule has 2 saturated carbocycles. The van der Waals surface area contributed by atoms with Crippen LogP contribution in [0.3, 0.4) is 0 Å². The predicted octanol–water partition coefficient (Wildman–Crippen LogP) is 6.25. The fourth-order valence-electron chi connectivity index (χ4n) is 7.24. The lowest BCUT2D eigenvalue weighted by atomic mass is 9.93. The molecule has 0 bridgehead atoms. The monoisotopic (exact) mass is 760 g/mol. The maximum atomic E-state index is 15.2. The molecule has 5 aromatic rings. The van der Waals surface area contributed by atoms with E-state index in [0.29, 0.717) is 29.1 Å². The minimum absolute atomic E-state index is 0.00179. The number of rotatable bonds is 12. The van der Waals surface area contributed by atoms with Crippen LogP contribution in [0.1, 0.15) is 76.2 Å². The van der Waals surface area contributed by atoms with Gasteiger partial charge in [-0.05, 0) is 73.1 Å². The molecule has 1 amide bonds. The number of sulfone groups is 1. The van der Waals surface area contributed by atoms with E-state index < -0.39 is 104 Å². The second kappa shape index (κ2) is 12.5. The van der Waals surface area contributed by atoms with E-state index in [2.05, 4.69) is 25.6 Å². The summed E-state index contributed by atoms with van der Waals surface area (Å²) in [7, 11) is -3.81. The Labute approximate surface area is 295 Å². The first kappa shape index (κ1) is 34.9. The zero-order chi connectivity index (χ0) is 37.6. The summed E-state index contributed by atoms with van der Waals surface area (Å²) in [5.74, 6) is -11.3. The van der Waals surface area contributed by atoms with Gasteiger partial charge < -0.3 is 5.32 Å². The van der Waals surface area contributed by atoms with Gasteiger partial charge in [0.2, 0.25) is 5.91 Å². The molecule has 0 saturated heterocycles. The molecular formula is C35H27F7N6O4S. The van der Waals surface area contributed by atoms with Crippen molar-refractivity contribution in [1.82, 2.24) is 30.3 Å². The fourth-order valence-corrected chi connectivity index (χ4v) is 8.85. The number of carbonyl (C=O) groups is 2. The van der Waals surface area contributed by atoms with Gasteiger partial charge in [0.15, 0.2) is 15.6 Å². The average Bonchev–Trinajstić information content (AvgIpc) is 3.99. The van der Waals surface area contributed by atoms with Gasteiger partial charge >= 0.3 is 0 Å². The number of nitrogens with one attached hydrogen (secondary N) is 2. The van der Waals surface area contributed by atoms with Gasteiger partial charge in [-0.15, -0.1) is 0 Å². The number of amides is 1. The Morgan fingerprint density at radius 3 is 2.45 bits per heavy atom. The molecular weight excluding hydrogens is 733 g/mol. The van der Waals surface area contributed by atoms with Crippen LogP contribution in [0.15, 0.2) is 48.7 Å². The lowest BCUT2D eigenvalue weighted by Crippen LogP contribution is -2.35. The zero-order valence-electron chi connectivity index (χ0n) is 27.2. The maximum Gasteiger partial charge on any atom is 0.293 e. The number of H-pyrrole nitrogens is 1. The Bertz CT molecular complexity index is 2430. The summed E-state index contributed by atoms with van der Waals surface area (Å²) in [6.07, 6.45) is -1.37. The van der Waals surface area contributed by atoms with Crippen LogP contribution in [0.25, 0.3) is 22.2 Å². The summed E-state index contributed by atoms with van der Waals surface area (Å²) < 4.78 is 128. The second-order valence-electron chi connectivity index (χ2n) is 13.6. The van der Waals surface area contributed by atoms with Gasteiger partial charge in [-0.25, -0.2) is 35.4 Å². The van der Waals surface area contributed by atoms with E-state index in [4.69, 9.17) is 0 Å². The summed E-state index contributed by atoms with van der Waals surface area (Å²) in [5.41, 5.74) is -1.50. The van der Waals surface area contributed by atoms with Crippen LogP contribution < -0.4 is 5.32 Å². The molecule has 276 valence electrons. The first-order chi connectivity index (χ1) is 25.1. The van der Waals surface area contributed by atoms with E-state index in [9.17, 15) is 35.6 Å². The van der Waals surface area contributed by atoms with Crippen molar-refractivity contribution in [1.29, 1.82) is 0 Å². The molecule has 0 unspecified atom stereocenters. The normalized spacial score (nSPS) is 19.3. The highest BCUT2D eigenvalue weighted by Crippen LogP contribution is 2.68. The minimum Gasteiger partial charge on any atom is -0.346 e. The molecule has 3 atom stereocenters. The Balaban J connectivity index is 1.19. The molecule has 8 rings (SSSR count). The molecule has 2 N–H and O–H groups in total. The molecule has 3 aromatic heterocycles. The number of benzene rings is 2. The molecule has 2 fully saturated rings. The van der Waals surface area contributed by atoms with Gasteiger partial charge in [0.25, 0.3) is 12.3 Å². The lowest BCUT2D eigenvalue weighted by molar-refractivity contribution is -0.123. The van der Waals surface area contributed by atoms with Crippen molar-refractivity contribution < 1.29 is 48.7 Å². The summed E-state index contributed by atoms with van der Waals surface area (Å²) in [4.78, 5) is 31.4. The van der Waals surface area contributed by atoms with Crippen molar-refractivity contribution in [2.75, 3.05) is 5.75 Å². The largest absolute Gasteiger partial charge is 0.346 e. The van der Waals surface area contributed by atoms with E-state index in [1.807, 2.05) is 0 Å². The van der Waals surface area contributed by atoms with Crippen LogP contribution in [0.4, 0.5) is 30.7 Å². The highest BCUT2D eigenvalue weighted by atomic mass is 32.2. The molecule has 3 aliphatic carbocycles. The van der Waals surface area contributed by atoms with Crippen LogP contribution >= 0.6 is 0 Å². The number of pyridine rings is 1. The van der Waals surface area contributed by atoms with E-state index in [1.54, 1.807) is 0 Å². The van der Waals surface area contributed by atoms with Crippen LogP contribution in [0, 0.1) is 23.4 Å². The second-order valence-corrected chi connectivity index (χ2v) is 15.9. The van der Waals surface area contributed by atoms with Crippen molar-refractivity contribution in [3.05, 3.63) is 99.9 Å². The molecule has 18 heteroatoms. The summed E-state index contributed by atoms with van der Waals surface area (Å²) in [6, 6.07) is 6.15. The van der Waals surface area contributed by atoms with Gasteiger partial charge in [0.1, 0.15) is 46.7 Å². The van der Waals surface area contributed by atoms with Crippen molar-refractivity contribution in [3.8, 4) is 11.1 Å². The number of alkyl halides is 4. The third kappa shape index (κ3) is 6.35. The highest BCUT2D eigenvalue weighted by molar-refractivity contribution is 7.93. The molecule has 0 aliphatic heterocycles. The van der Waals surface area contributed by atoms with Gasteiger partial charge in [0.05, 0.1) is 34.3 Å². The van der Waals surface area contributed by atoms with E-state index in [-0.39, 0.29) is 46.3 Å². The SMILES string of the molecule is O=C(Cn1nc(C(F)F)c2c1C(F)(F)[C@@H]1C[C@H]21)N[C@@H](Cc1cc(F)cc(F)c1)c1nc2cn[nH]c2cc1-c1ccc(F)c(C(=O)CS(=O)(=O)C2CC2)c1. The van der Waals surface area contributed by atoms with Crippen LogP contribution in [-0.2, 0) is 33.5 Å². The maximum absolute atomic E-state index is 15.2. The van der Waals surface area contributed by atoms with Crippen molar-refractivity contribution in [3.63, 3.8) is 0 Å². The molecule has 53 heavy (non-hydrogen) atoms. The molecule has 10 nitrogen and oxygen atoms in total. The van der Waals surface area contributed by atoms with E-state index in [1.165, 1.54) is 18.3 Å². The first-order valence-electron chi connectivity index (χ1n) is 16.5. The van der Waals surface area contributed by atoms with Crippen LogP contribution in [0.2, 0.25) is 0 Å². The number of nitrogens with zero attached hydrogens (tertiary/aromatic N) is 4. The number of carbonyl (C=O) groups excluding carboxylic acids is 2. The Morgan fingerprint density at radius 1 is 1.02 bits per heavy atom. The topological polar surface area (TPSA) is 140 Å². The third-order valence-electron chi connectivity index (χ3n) is 9.88. The predicted molar refractivity (Wildman–Crippen MR) is 173 cm³/mol. The Kier molecular flexibility index (Phi) is 8.23. The summed E-state index contributed by atoms with van der Waals surface area (Å²) in [5, 5.41) is 12.3. The van der Waals surface area contributed by atoms with E-state index in [0.717, 1.165) is 24.3 Å². The summed E-state index contributed by atoms with van der Waals surface area (Å²) in [6.45, 7) is -0.925. The van der Waals surface area contributed by atoms with Crippen LogP contribution in [0.5, 0.6) is 0 Å². The Morgan fingerprint density at radius 2 is 1.75 bits per heavy atom. The number of Topliss-reactive ketones (excluding diaryl/α,β-unsaturated/α-hetero) is 1. The van der Waals surface area contributed by atoms with Gasteiger partial charge in [-0.2, -0.15) is 19.0 Å². The van der Waals surface area contributed by atoms with Crippen molar-refractivity contribution >= 4 is 32.6 Å². The molecule has 2 aromatic carbocycles. The smallest absolute Gasteiger partial charge is 0.293 e. The third-order valence-corrected chi connectivity index (χ3v) is 12.0. The fraction of sp³-hybridized carbons (Fsp3) is 0.343.